The molecule has 47 heavy (non-hydrogen) atoms. The summed E-state index contributed by atoms with van der Waals surface area (Å²) in [4.78, 5) is 31.8. The monoisotopic (exact) mass is 630 g/mol. The Morgan fingerprint density at radius 1 is 1.09 bits per heavy atom. The van der Waals surface area contributed by atoms with Crippen LogP contribution in [-0.4, -0.2) is 82.2 Å². The molecule has 0 saturated carbocycles. The Morgan fingerprint density at radius 3 is 2.68 bits per heavy atom. The maximum Gasteiger partial charge on any atom is 0.230 e. The number of nitrogens with zero attached hydrogens (tertiary/aromatic N) is 7. The highest BCUT2D eigenvalue weighted by Crippen LogP contribution is 2.33. The molecule has 7 rings (SSSR count). The number of pyridine rings is 1. The van der Waals surface area contributed by atoms with Crippen molar-refractivity contribution in [3.05, 3.63) is 89.8 Å². The first-order chi connectivity index (χ1) is 22.8. The first kappa shape index (κ1) is 31.0. The molecule has 242 valence electrons. The van der Waals surface area contributed by atoms with Gasteiger partial charge in [-0.05, 0) is 48.7 Å². The number of anilines is 2. The van der Waals surface area contributed by atoms with Gasteiger partial charge in [-0.25, -0.2) is 0 Å². The van der Waals surface area contributed by atoms with Crippen LogP contribution >= 0.6 is 0 Å². The predicted molar refractivity (Wildman–Crippen MR) is 186 cm³/mol. The molecule has 2 aliphatic heterocycles. The predicted octanol–water partition coefficient (Wildman–Crippen LogP) is 5.39. The van der Waals surface area contributed by atoms with Gasteiger partial charge in [0.15, 0.2) is 11.4 Å². The van der Waals surface area contributed by atoms with Crippen LogP contribution in [-0.2, 0) is 22.5 Å². The molecule has 1 N–H and O–H groups in total. The molecule has 2 atom stereocenters. The van der Waals surface area contributed by atoms with Crippen LogP contribution in [0, 0.1) is 11.8 Å². The summed E-state index contributed by atoms with van der Waals surface area (Å²) in [6, 6.07) is 16.6. The quantitative estimate of drug-likeness (QED) is 0.193. The minimum absolute atomic E-state index is 0.0955. The Morgan fingerprint density at radius 2 is 1.89 bits per heavy atom. The number of likely N-dealkylation sites (N-methyl/N-ethyl adjacent to an activating group) is 1. The average Bonchev–Trinajstić information content (AvgIpc) is 3.79. The molecule has 0 aliphatic carbocycles. The third-order valence-electron chi connectivity index (χ3n) is 9.22. The number of allylic oxidation sites excluding steroid dienone is 1. The second kappa shape index (κ2) is 13.2. The van der Waals surface area contributed by atoms with E-state index >= 15 is 0 Å². The highest BCUT2D eigenvalue weighted by molar-refractivity contribution is 5.97. The van der Waals surface area contributed by atoms with E-state index in [2.05, 4.69) is 54.4 Å². The Bertz CT molecular complexity index is 1940. The summed E-state index contributed by atoms with van der Waals surface area (Å²) in [6.07, 6.45) is 7.71. The zero-order chi connectivity index (χ0) is 32.5. The van der Waals surface area contributed by atoms with Gasteiger partial charge in [0, 0.05) is 67.1 Å². The van der Waals surface area contributed by atoms with Crippen LogP contribution in [0.2, 0.25) is 0 Å². The molecular formula is C37H42N8O2. The van der Waals surface area contributed by atoms with Crippen LogP contribution in [0.5, 0.6) is 0 Å². The molecule has 2 aliphatic rings. The Balaban J connectivity index is 1.16. The van der Waals surface area contributed by atoms with E-state index in [4.69, 9.17) is 24.8 Å². The van der Waals surface area contributed by atoms with Crippen LogP contribution in [0.1, 0.15) is 36.5 Å². The molecule has 10 heteroatoms. The van der Waals surface area contributed by atoms with E-state index in [1.165, 1.54) is 0 Å². The maximum absolute atomic E-state index is 12.6. The van der Waals surface area contributed by atoms with E-state index in [9.17, 15) is 4.79 Å². The Kier molecular flexibility index (Phi) is 8.70. The largest absolute Gasteiger partial charge is 0.381 e. The SMILES string of the molecule is CC(C)c1cnn2c(NCc3ccccc3-c3nccc4cc(CC(=O)/C=C/CN(C)C)ccc34)nc(N3CC4COCC4C3)nc12. The van der Waals surface area contributed by atoms with Crippen LogP contribution in [0.3, 0.4) is 0 Å². The van der Waals surface area contributed by atoms with Gasteiger partial charge in [-0.15, -0.1) is 0 Å². The summed E-state index contributed by atoms with van der Waals surface area (Å²) in [6.45, 7) is 9.04. The fraction of sp³-hybridized carbons (Fsp3) is 0.378. The number of carbonyl (C=O) groups excluding carboxylic acids is 1. The molecular weight excluding hydrogens is 588 g/mol. The maximum atomic E-state index is 12.6. The Labute approximate surface area is 275 Å². The molecule has 2 fully saturated rings. The highest BCUT2D eigenvalue weighted by Gasteiger charge is 2.38. The van der Waals surface area contributed by atoms with E-state index in [0.29, 0.717) is 30.7 Å². The van der Waals surface area contributed by atoms with E-state index < -0.39 is 0 Å². The van der Waals surface area contributed by atoms with Crippen molar-refractivity contribution >= 4 is 34.1 Å². The standard InChI is InChI=1S/C37H42N8O2/c1-24(2)33-19-40-45-35(33)41-37(44-20-28-22-47-23-29(28)21-44)42-36(45)39-18-27-8-5-6-10-31(27)34-32-12-11-25(16-26(32)13-14-38-34)17-30(46)9-7-15-43(3)4/h5-14,16,19,24,28-29H,15,17-18,20-23H2,1-4H3,(H,39,41,42)/b9-7+. The first-order valence-electron chi connectivity index (χ1n) is 16.5. The van der Waals surface area contributed by atoms with Crippen molar-refractivity contribution in [1.82, 2.24) is 29.5 Å². The minimum Gasteiger partial charge on any atom is -0.381 e. The van der Waals surface area contributed by atoms with Gasteiger partial charge >= 0.3 is 0 Å². The second-order valence-electron chi connectivity index (χ2n) is 13.3. The molecule has 0 bridgehead atoms. The summed E-state index contributed by atoms with van der Waals surface area (Å²) in [5.41, 5.74) is 5.97. The molecule has 0 radical (unpaired) electrons. The zero-order valence-corrected chi connectivity index (χ0v) is 27.6. The van der Waals surface area contributed by atoms with Crippen LogP contribution in [0.4, 0.5) is 11.9 Å². The number of hydrogen-bond donors (Lipinski definition) is 1. The van der Waals surface area contributed by atoms with Gasteiger partial charge in [-0.1, -0.05) is 62.4 Å². The average molecular weight is 631 g/mol. The fourth-order valence-electron chi connectivity index (χ4n) is 6.68. The summed E-state index contributed by atoms with van der Waals surface area (Å²) in [7, 11) is 3.97. The van der Waals surface area contributed by atoms with Crippen molar-refractivity contribution in [1.29, 1.82) is 0 Å². The number of aromatic nitrogens is 5. The normalized spacial score (nSPS) is 18.0. The fourth-order valence-corrected chi connectivity index (χ4v) is 6.68. The molecule has 2 unspecified atom stereocenters. The Hall–Kier alpha value is -4.67. The molecule has 3 aromatic heterocycles. The number of benzene rings is 2. The summed E-state index contributed by atoms with van der Waals surface area (Å²) in [5, 5.41) is 10.4. The van der Waals surface area contributed by atoms with Crippen LogP contribution in [0.15, 0.2) is 73.1 Å². The number of ketones is 1. The van der Waals surface area contributed by atoms with Gasteiger partial charge in [0.2, 0.25) is 11.9 Å². The van der Waals surface area contributed by atoms with Crippen LogP contribution in [0.25, 0.3) is 27.7 Å². The lowest BCUT2D eigenvalue weighted by Crippen LogP contribution is -2.25. The van der Waals surface area contributed by atoms with E-state index in [0.717, 1.165) is 83.2 Å². The zero-order valence-electron chi connectivity index (χ0n) is 27.6. The third-order valence-corrected chi connectivity index (χ3v) is 9.22. The van der Waals surface area contributed by atoms with Gasteiger partial charge in [0.1, 0.15) is 0 Å². The number of hydrogen-bond acceptors (Lipinski definition) is 9. The van der Waals surface area contributed by atoms with E-state index in [1.807, 2.05) is 60.2 Å². The smallest absolute Gasteiger partial charge is 0.230 e. The van der Waals surface area contributed by atoms with Gasteiger partial charge in [0.25, 0.3) is 0 Å². The third kappa shape index (κ3) is 6.48. The minimum atomic E-state index is 0.0955. The second-order valence-corrected chi connectivity index (χ2v) is 13.3. The molecule has 2 aromatic carbocycles. The van der Waals surface area contributed by atoms with Crippen molar-refractivity contribution in [3.8, 4) is 11.3 Å². The molecule has 0 spiro atoms. The van der Waals surface area contributed by atoms with Crippen molar-refractivity contribution in [2.24, 2.45) is 11.8 Å². The van der Waals surface area contributed by atoms with Crippen molar-refractivity contribution < 1.29 is 9.53 Å². The van der Waals surface area contributed by atoms with Gasteiger partial charge in [0.05, 0.1) is 25.1 Å². The summed E-state index contributed by atoms with van der Waals surface area (Å²) >= 11 is 0. The molecule has 10 nitrogen and oxygen atoms in total. The number of ether oxygens (including phenoxy) is 1. The topological polar surface area (TPSA) is 101 Å². The molecule has 0 amide bonds. The van der Waals surface area contributed by atoms with E-state index in [-0.39, 0.29) is 11.7 Å². The van der Waals surface area contributed by atoms with Gasteiger partial charge in [-0.2, -0.15) is 19.6 Å². The van der Waals surface area contributed by atoms with Crippen LogP contribution < -0.4 is 10.2 Å². The molecule has 2 saturated heterocycles. The number of nitrogens with one attached hydrogen (secondary N) is 1. The van der Waals surface area contributed by atoms with Crippen molar-refractivity contribution in [2.75, 3.05) is 57.2 Å². The lowest BCUT2D eigenvalue weighted by Gasteiger charge is -2.19. The lowest BCUT2D eigenvalue weighted by atomic mass is 9.97. The molecule has 5 heterocycles. The number of rotatable bonds is 11. The van der Waals surface area contributed by atoms with Gasteiger partial charge < -0.3 is 19.9 Å². The lowest BCUT2D eigenvalue weighted by molar-refractivity contribution is -0.114. The van der Waals surface area contributed by atoms with Gasteiger partial charge in [-0.3, -0.25) is 9.78 Å². The van der Waals surface area contributed by atoms with E-state index in [1.54, 1.807) is 6.08 Å². The number of carbonyl (C=O) groups is 1. The first-order valence-corrected chi connectivity index (χ1v) is 16.5. The highest BCUT2D eigenvalue weighted by atomic mass is 16.5. The number of fused-ring (bicyclic) bond motifs is 3. The van der Waals surface area contributed by atoms with Crippen molar-refractivity contribution in [3.63, 3.8) is 0 Å². The molecule has 5 aromatic rings. The summed E-state index contributed by atoms with van der Waals surface area (Å²) in [5.74, 6) is 2.84. The van der Waals surface area contributed by atoms with Crippen molar-refractivity contribution in [2.45, 2.75) is 32.7 Å². The summed E-state index contributed by atoms with van der Waals surface area (Å²) < 4.78 is 7.54.